The van der Waals surface area contributed by atoms with Gasteiger partial charge in [0.2, 0.25) is 11.8 Å². The first-order valence-corrected chi connectivity index (χ1v) is 5.52. The molecule has 0 spiro atoms. The number of nitrogens with zero attached hydrogens (tertiary/aromatic N) is 1. The molecular formula is C13H10N2O4. The summed E-state index contributed by atoms with van der Waals surface area (Å²) in [6.45, 7) is 0. The predicted octanol–water partition coefficient (Wildman–Crippen LogP) is 0.0878. The molecule has 1 fully saturated rings. The molecule has 0 aromatic heterocycles. The minimum absolute atomic E-state index is 0.000347. The second-order valence-corrected chi connectivity index (χ2v) is 4.07. The number of rotatable bonds is 1. The molecule has 2 aliphatic rings. The van der Waals surface area contributed by atoms with Crippen LogP contribution in [0.4, 0.5) is 0 Å². The molecule has 4 amide bonds. The summed E-state index contributed by atoms with van der Waals surface area (Å²) < 4.78 is 23.9. The molecule has 6 heteroatoms. The summed E-state index contributed by atoms with van der Waals surface area (Å²) in [6, 6.07) is 2.92. The first-order valence-electron chi connectivity index (χ1n) is 7.02. The molecular weight excluding hydrogens is 248 g/mol. The van der Waals surface area contributed by atoms with Gasteiger partial charge >= 0.3 is 0 Å². The van der Waals surface area contributed by atoms with Crippen molar-refractivity contribution in [1.29, 1.82) is 0 Å². The van der Waals surface area contributed by atoms with Crippen LogP contribution >= 0.6 is 0 Å². The van der Waals surface area contributed by atoms with E-state index in [9.17, 15) is 19.2 Å². The number of piperidine rings is 1. The molecule has 2 heterocycles. The van der Waals surface area contributed by atoms with Crippen molar-refractivity contribution in [3.05, 3.63) is 35.4 Å². The fourth-order valence-electron chi connectivity index (χ4n) is 2.05. The summed E-state index contributed by atoms with van der Waals surface area (Å²) in [7, 11) is 0. The first-order chi connectivity index (χ1) is 10.2. The molecule has 1 unspecified atom stereocenters. The highest BCUT2D eigenvalue weighted by molar-refractivity contribution is 6.23. The van der Waals surface area contributed by atoms with Gasteiger partial charge in [0.05, 0.1) is 12.5 Å². The average Bonchev–Trinajstić information content (AvgIpc) is 2.68. The lowest BCUT2D eigenvalue weighted by Gasteiger charge is -2.27. The lowest BCUT2D eigenvalue weighted by molar-refractivity contribution is -0.136. The van der Waals surface area contributed by atoms with E-state index in [1.807, 2.05) is 5.32 Å². The van der Waals surface area contributed by atoms with Crippen molar-refractivity contribution in [2.75, 3.05) is 0 Å². The van der Waals surface area contributed by atoms with Gasteiger partial charge in [-0.3, -0.25) is 29.4 Å². The van der Waals surface area contributed by atoms with Crippen LogP contribution in [0.25, 0.3) is 0 Å². The summed E-state index contributed by atoms with van der Waals surface area (Å²) in [4.78, 5) is 48.4. The maximum atomic E-state index is 12.4. The number of amides is 4. The summed E-state index contributed by atoms with van der Waals surface area (Å²) in [5.74, 6) is -4.08. The van der Waals surface area contributed by atoms with Gasteiger partial charge in [-0.15, -0.1) is 0 Å². The maximum absolute atomic E-state index is 12.4. The number of carbonyl (C=O) groups excluding carboxylic acids is 4. The van der Waals surface area contributed by atoms with Crippen molar-refractivity contribution in [1.82, 2.24) is 10.2 Å². The van der Waals surface area contributed by atoms with E-state index < -0.39 is 42.4 Å². The zero-order chi connectivity index (χ0) is 16.3. The minimum Gasteiger partial charge on any atom is -0.295 e. The van der Waals surface area contributed by atoms with Gasteiger partial charge < -0.3 is 0 Å². The van der Waals surface area contributed by atoms with Crippen LogP contribution < -0.4 is 5.32 Å². The van der Waals surface area contributed by atoms with Crippen molar-refractivity contribution < 1.29 is 23.3 Å². The van der Waals surface area contributed by atoms with Gasteiger partial charge in [0.25, 0.3) is 11.8 Å². The number of fused-ring (bicyclic) bond motifs is 1. The highest BCUT2D eigenvalue weighted by atomic mass is 16.2. The van der Waals surface area contributed by atoms with E-state index in [1.165, 1.54) is 24.3 Å². The molecule has 0 bridgehead atoms. The third-order valence-corrected chi connectivity index (χ3v) is 2.90. The Morgan fingerprint density at radius 3 is 2.26 bits per heavy atom. The van der Waals surface area contributed by atoms with Crippen LogP contribution in [0.15, 0.2) is 24.3 Å². The predicted molar refractivity (Wildman–Crippen MR) is 63.1 cm³/mol. The van der Waals surface area contributed by atoms with E-state index in [4.69, 9.17) is 4.11 Å². The number of benzene rings is 1. The average molecular weight is 261 g/mol. The molecule has 1 aromatic carbocycles. The molecule has 1 aromatic rings. The fourth-order valence-corrected chi connectivity index (χ4v) is 2.05. The van der Waals surface area contributed by atoms with E-state index in [-0.39, 0.29) is 11.1 Å². The number of carbonyl (C=O) groups is 4. The normalized spacial score (nSPS) is 31.4. The van der Waals surface area contributed by atoms with Crippen LogP contribution in [0, 0.1) is 0 Å². The molecule has 6 nitrogen and oxygen atoms in total. The molecule has 96 valence electrons. The lowest BCUT2D eigenvalue weighted by atomic mass is 10.0. The first kappa shape index (κ1) is 8.58. The van der Waals surface area contributed by atoms with Crippen LogP contribution in [-0.4, -0.2) is 34.5 Å². The van der Waals surface area contributed by atoms with Crippen LogP contribution in [0.3, 0.4) is 0 Å². The zero-order valence-electron chi connectivity index (χ0n) is 12.6. The monoisotopic (exact) mass is 261 g/mol. The molecule has 1 N–H and O–H groups in total. The van der Waals surface area contributed by atoms with Crippen molar-refractivity contribution in [2.45, 2.75) is 18.8 Å². The molecule has 0 saturated carbocycles. The quantitative estimate of drug-likeness (QED) is 0.726. The number of hydrogen-bond acceptors (Lipinski definition) is 4. The number of hydrogen-bond donors (Lipinski definition) is 1. The highest BCUT2D eigenvalue weighted by Crippen LogP contribution is 2.26. The fraction of sp³-hybridized carbons (Fsp3) is 0.231. The third-order valence-electron chi connectivity index (χ3n) is 2.90. The van der Waals surface area contributed by atoms with Gasteiger partial charge in [0.1, 0.15) is 6.02 Å². The van der Waals surface area contributed by atoms with Crippen molar-refractivity contribution in [3.8, 4) is 0 Å². The highest BCUT2D eigenvalue weighted by Gasteiger charge is 2.44. The van der Waals surface area contributed by atoms with Gasteiger partial charge in [-0.25, -0.2) is 0 Å². The zero-order valence-corrected chi connectivity index (χ0v) is 9.60. The standard InChI is InChI=1S/C13H10N2O4/c16-10-6-5-9(11(17)14-10)15-12(18)7-3-1-2-4-8(7)13(15)19/h1-4,9H,5-6H2,(H,14,16,17)/i5D2,9D. The Hall–Kier alpha value is -2.50. The second kappa shape index (κ2) is 4.01. The molecule has 1 atom stereocenters. The molecule has 0 aliphatic carbocycles. The smallest absolute Gasteiger partial charge is 0.262 e. The molecule has 19 heavy (non-hydrogen) atoms. The lowest BCUT2D eigenvalue weighted by Crippen LogP contribution is -2.54. The van der Waals surface area contributed by atoms with Crippen LogP contribution in [0.5, 0.6) is 0 Å². The molecule has 1 saturated heterocycles. The summed E-state index contributed by atoms with van der Waals surface area (Å²) in [5.41, 5.74) is -0.000694. The summed E-state index contributed by atoms with van der Waals surface area (Å²) >= 11 is 0. The molecule has 3 rings (SSSR count). The third kappa shape index (κ3) is 1.64. The van der Waals surface area contributed by atoms with Gasteiger partial charge in [-0.1, -0.05) is 12.1 Å². The van der Waals surface area contributed by atoms with Crippen LogP contribution in [0.1, 0.15) is 37.6 Å². The Morgan fingerprint density at radius 2 is 1.74 bits per heavy atom. The largest absolute Gasteiger partial charge is 0.295 e. The van der Waals surface area contributed by atoms with E-state index in [2.05, 4.69) is 0 Å². The van der Waals surface area contributed by atoms with Gasteiger partial charge in [-0.05, 0) is 18.5 Å². The number of imide groups is 2. The van der Waals surface area contributed by atoms with E-state index in [1.54, 1.807) is 0 Å². The van der Waals surface area contributed by atoms with E-state index >= 15 is 0 Å². The van der Waals surface area contributed by atoms with E-state index in [0.717, 1.165) is 0 Å². The SMILES string of the molecule is [2H]C1([2H])CC(=O)NC(=O)C1([2H])N1C(=O)c2ccccc2C1=O. The minimum atomic E-state index is -2.84. The van der Waals surface area contributed by atoms with E-state index in [0.29, 0.717) is 4.90 Å². The van der Waals surface area contributed by atoms with Gasteiger partial charge in [-0.2, -0.15) is 0 Å². The maximum Gasteiger partial charge on any atom is 0.262 e. The van der Waals surface area contributed by atoms with Crippen LogP contribution in [-0.2, 0) is 9.59 Å². The van der Waals surface area contributed by atoms with Crippen LogP contribution in [0.2, 0.25) is 0 Å². The van der Waals surface area contributed by atoms with Gasteiger partial charge in [0, 0.05) is 9.16 Å². The molecule has 0 radical (unpaired) electrons. The Bertz CT molecular complexity index is 714. The Morgan fingerprint density at radius 1 is 1.16 bits per heavy atom. The Labute approximate surface area is 112 Å². The van der Waals surface area contributed by atoms with Crippen molar-refractivity contribution in [2.24, 2.45) is 0 Å². The second-order valence-electron chi connectivity index (χ2n) is 4.07. The van der Waals surface area contributed by atoms with Crippen molar-refractivity contribution >= 4 is 23.6 Å². The Balaban J connectivity index is 2.15. The summed E-state index contributed by atoms with van der Waals surface area (Å²) in [6.07, 6.45) is -3.49. The number of nitrogens with one attached hydrogen (secondary N) is 1. The van der Waals surface area contributed by atoms with Crippen molar-refractivity contribution in [3.63, 3.8) is 0 Å². The molecule has 2 aliphatic heterocycles. The topological polar surface area (TPSA) is 83.6 Å². The Kier molecular flexibility index (Phi) is 1.81. The van der Waals surface area contributed by atoms with Gasteiger partial charge in [0.15, 0.2) is 0 Å². The summed E-state index contributed by atoms with van der Waals surface area (Å²) in [5, 5.41) is 1.82.